The average molecular weight is 814 g/mol. The van der Waals surface area contributed by atoms with Gasteiger partial charge in [-0.2, -0.15) is 0 Å². The van der Waals surface area contributed by atoms with Gasteiger partial charge >= 0.3 is 5.97 Å². The van der Waals surface area contributed by atoms with Crippen LogP contribution in [-0.2, 0) is 14.3 Å². The van der Waals surface area contributed by atoms with Crippen molar-refractivity contribution >= 4 is 11.9 Å². The van der Waals surface area contributed by atoms with E-state index >= 15 is 0 Å². The molecule has 3 N–H and O–H groups in total. The predicted octanol–water partition coefficient (Wildman–Crippen LogP) is 14.7. The van der Waals surface area contributed by atoms with Gasteiger partial charge in [0, 0.05) is 12.8 Å². The summed E-state index contributed by atoms with van der Waals surface area (Å²) in [6.45, 7) is 4.77. The molecule has 0 aromatic carbocycles. The van der Waals surface area contributed by atoms with Crippen LogP contribution in [0.25, 0.3) is 0 Å². The van der Waals surface area contributed by atoms with Gasteiger partial charge < -0.3 is 20.3 Å². The van der Waals surface area contributed by atoms with Gasteiger partial charge in [0.15, 0.2) is 0 Å². The Morgan fingerprint density at radius 2 is 0.879 bits per heavy atom. The molecule has 0 aromatic rings. The van der Waals surface area contributed by atoms with Crippen molar-refractivity contribution in [2.24, 2.45) is 0 Å². The summed E-state index contributed by atoms with van der Waals surface area (Å²) in [5.41, 5.74) is 0. The summed E-state index contributed by atoms with van der Waals surface area (Å²) in [5, 5.41) is 23.0. The second kappa shape index (κ2) is 47.5. The van der Waals surface area contributed by atoms with Crippen LogP contribution in [-0.4, -0.2) is 47.4 Å². The zero-order valence-corrected chi connectivity index (χ0v) is 38.3. The molecule has 0 rings (SSSR count). The highest BCUT2D eigenvalue weighted by Crippen LogP contribution is 2.14. The summed E-state index contributed by atoms with van der Waals surface area (Å²) < 4.78 is 5.43. The first kappa shape index (κ1) is 55.8. The number of aliphatic hydroxyl groups excluding tert-OH is 2. The van der Waals surface area contributed by atoms with E-state index in [1.807, 2.05) is 6.08 Å². The number of nitrogens with one attached hydrogen (secondary N) is 1. The van der Waals surface area contributed by atoms with Crippen LogP contribution >= 0.6 is 0 Å². The van der Waals surface area contributed by atoms with Crippen LogP contribution in [0.1, 0.15) is 245 Å². The van der Waals surface area contributed by atoms with Crippen LogP contribution in [0.2, 0.25) is 0 Å². The summed E-state index contributed by atoms with van der Waals surface area (Å²) in [5.74, 6) is -0.183. The largest absolute Gasteiger partial charge is 0.466 e. The fourth-order valence-corrected chi connectivity index (χ4v) is 7.19. The second-order valence-corrected chi connectivity index (χ2v) is 16.8. The van der Waals surface area contributed by atoms with Gasteiger partial charge in [-0.05, 0) is 83.5 Å². The highest BCUT2D eigenvalue weighted by Gasteiger charge is 2.17. The maximum absolute atomic E-state index is 12.4. The lowest BCUT2D eigenvalue weighted by molar-refractivity contribution is -0.143. The standard InChI is InChI=1S/C52H95NO5/c1-3-5-7-9-11-13-15-17-19-21-23-25-28-32-36-40-44-50(55)49(48-54)53-51(56)45-41-37-33-29-27-31-35-39-43-47-58-52(57)46-42-38-34-30-26-24-22-20-18-16-14-12-10-8-6-4-2/h14,16,20,22,29,33,40,44,49-50,54-55H,3-13,15,17-19,21,23-28,30-32,34-39,41-43,45-48H2,1-2H3,(H,53,56)/b16-14-,22-20-,33-29-,44-40+. The minimum absolute atomic E-state index is 0.0524. The molecule has 0 saturated carbocycles. The molecule has 338 valence electrons. The molecule has 0 radical (unpaired) electrons. The molecule has 0 bridgehead atoms. The van der Waals surface area contributed by atoms with Gasteiger partial charge in [0.2, 0.25) is 5.91 Å². The Hall–Kier alpha value is -2.18. The van der Waals surface area contributed by atoms with Gasteiger partial charge in [-0.15, -0.1) is 0 Å². The lowest BCUT2D eigenvalue weighted by Crippen LogP contribution is -2.45. The first-order valence-electron chi connectivity index (χ1n) is 24.9. The molecule has 6 nitrogen and oxygen atoms in total. The normalized spacial score (nSPS) is 13.1. The molecular weight excluding hydrogens is 719 g/mol. The molecule has 0 aliphatic rings. The smallest absolute Gasteiger partial charge is 0.305 e. The van der Waals surface area contributed by atoms with Gasteiger partial charge in [-0.25, -0.2) is 0 Å². The van der Waals surface area contributed by atoms with Crippen molar-refractivity contribution in [3.05, 3.63) is 48.6 Å². The van der Waals surface area contributed by atoms with Gasteiger partial charge in [-0.3, -0.25) is 9.59 Å². The maximum Gasteiger partial charge on any atom is 0.305 e. The topological polar surface area (TPSA) is 95.9 Å². The van der Waals surface area contributed by atoms with Crippen LogP contribution < -0.4 is 5.32 Å². The third kappa shape index (κ3) is 43.4. The molecule has 2 atom stereocenters. The lowest BCUT2D eigenvalue weighted by Gasteiger charge is -2.19. The fraction of sp³-hybridized carbons (Fsp3) is 0.808. The van der Waals surface area contributed by atoms with Crippen molar-refractivity contribution < 1.29 is 24.5 Å². The molecule has 1 amide bonds. The average Bonchev–Trinajstić information content (AvgIpc) is 3.22. The summed E-state index contributed by atoms with van der Waals surface area (Å²) >= 11 is 0. The Kier molecular flexibility index (Phi) is 45.7. The summed E-state index contributed by atoms with van der Waals surface area (Å²) in [4.78, 5) is 24.4. The van der Waals surface area contributed by atoms with Gasteiger partial charge in [0.25, 0.3) is 0 Å². The van der Waals surface area contributed by atoms with Crippen LogP contribution in [0.5, 0.6) is 0 Å². The molecule has 0 heterocycles. The maximum atomic E-state index is 12.4. The molecule has 0 saturated heterocycles. The van der Waals surface area contributed by atoms with Crippen LogP contribution in [0, 0.1) is 0 Å². The molecule has 2 unspecified atom stereocenters. The minimum atomic E-state index is -0.877. The number of amides is 1. The second-order valence-electron chi connectivity index (χ2n) is 16.8. The van der Waals surface area contributed by atoms with Crippen molar-refractivity contribution in [2.45, 2.75) is 257 Å². The minimum Gasteiger partial charge on any atom is -0.466 e. The lowest BCUT2D eigenvalue weighted by atomic mass is 10.0. The van der Waals surface area contributed by atoms with Crippen molar-refractivity contribution in [1.29, 1.82) is 0 Å². The number of aliphatic hydroxyl groups is 2. The van der Waals surface area contributed by atoms with E-state index in [0.29, 0.717) is 19.4 Å². The Morgan fingerprint density at radius 1 is 0.483 bits per heavy atom. The molecule has 6 heteroatoms. The highest BCUT2D eigenvalue weighted by atomic mass is 16.5. The number of esters is 1. The van der Waals surface area contributed by atoms with Crippen molar-refractivity contribution in [3.63, 3.8) is 0 Å². The number of unbranched alkanes of at least 4 members (excludes halogenated alkanes) is 28. The molecule has 0 aromatic heterocycles. The highest BCUT2D eigenvalue weighted by molar-refractivity contribution is 5.76. The molecular formula is C52H95NO5. The summed E-state index contributed by atoms with van der Waals surface area (Å²) in [6.07, 6.45) is 58.2. The first-order valence-corrected chi connectivity index (χ1v) is 24.9. The fourth-order valence-electron chi connectivity index (χ4n) is 7.19. The first-order chi connectivity index (χ1) is 28.5. The zero-order chi connectivity index (χ0) is 42.3. The van der Waals surface area contributed by atoms with E-state index in [1.165, 1.54) is 135 Å². The van der Waals surface area contributed by atoms with Gasteiger partial charge in [0.1, 0.15) is 0 Å². The Bertz CT molecular complexity index is 988. The van der Waals surface area contributed by atoms with E-state index in [1.54, 1.807) is 6.08 Å². The summed E-state index contributed by atoms with van der Waals surface area (Å²) in [6, 6.07) is -0.667. The number of hydrogen-bond acceptors (Lipinski definition) is 5. The number of rotatable bonds is 45. The quantitative estimate of drug-likeness (QED) is 0.0323. The number of allylic oxidation sites excluding steroid dienone is 7. The van der Waals surface area contributed by atoms with Crippen molar-refractivity contribution in [3.8, 4) is 0 Å². The molecule has 0 aliphatic heterocycles. The Balaban J connectivity index is 3.61. The molecule has 0 aliphatic carbocycles. The van der Waals surface area contributed by atoms with Gasteiger partial charge in [-0.1, -0.05) is 197 Å². The third-order valence-corrected chi connectivity index (χ3v) is 11.1. The predicted molar refractivity (Wildman–Crippen MR) is 250 cm³/mol. The molecule has 0 fully saturated rings. The van der Waals surface area contributed by atoms with E-state index in [0.717, 1.165) is 83.5 Å². The van der Waals surface area contributed by atoms with Crippen molar-refractivity contribution in [1.82, 2.24) is 5.32 Å². The van der Waals surface area contributed by atoms with Crippen molar-refractivity contribution in [2.75, 3.05) is 13.2 Å². The van der Waals surface area contributed by atoms with E-state index in [2.05, 4.69) is 55.6 Å². The van der Waals surface area contributed by atoms with Gasteiger partial charge in [0.05, 0.1) is 25.4 Å². The summed E-state index contributed by atoms with van der Waals surface area (Å²) in [7, 11) is 0. The van der Waals surface area contributed by atoms with E-state index < -0.39 is 12.1 Å². The monoisotopic (exact) mass is 814 g/mol. The van der Waals surface area contributed by atoms with E-state index in [4.69, 9.17) is 4.74 Å². The number of hydrogen-bond donors (Lipinski definition) is 3. The third-order valence-electron chi connectivity index (χ3n) is 11.1. The number of carbonyl (C=O) groups excluding carboxylic acids is 2. The number of carbonyl (C=O) groups is 2. The van der Waals surface area contributed by atoms with Crippen LogP contribution in [0.15, 0.2) is 48.6 Å². The van der Waals surface area contributed by atoms with E-state index in [-0.39, 0.29) is 18.5 Å². The van der Waals surface area contributed by atoms with Crippen LogP contribution in [0.3, 0.4) is 0 Å². The van der Waals surface area contributed by atoms with E-state index in [9.17, 15) is 19.8 Å². The Labute approximate surface area is 359 Å². The molecule has 0 spiro atoms. The Morgan fingerprint density at radius 3 is 1.38 bits per heavy atom. The van der Waals surface area contributed by atoms with Crippen LogP contribution in [0.4, 0.5) is 0 Å². The zero-order valence-electron chi connectivity index (χ0n) is 38.3. The molecule has 58 heavy (non-hydrogen) atoms. The SMILES string of the molecule is CCCCCC/C=C\C/C=C\CCCCCCCC(=O)OCCCCCC/C=C\CCCC(=O)NC(CO)C(O)/C=C/CCCCCCCCCCCCCCCC. The number of ether oxygens (including phenoxy) is 1.